The number of methoxy groups -OCH3 is 1. The van der Waals surface area contributed by atoms with Crippen LogP contribution >= 0.6 is 11.8 Å². The van der Waals surface area contributed by atoms with Crippen LogP contribution < -0.4 is 4.74 Å². The molecule has 0 unspecified atom stereocenters. The number of pyridine rings is 1. The Balaban J connectivity index is 1.61. The molecule has 1 aromatic carbocycles. The first-order valence-corrected chi connectivity index (χ1v) is 8.32. The number of ether oxygens (including phenoxy) is 1. The highest BCUT2D eigenvalue weighted by Gasteiger charge is 2.11. The van der Waals surface area contributed by atoms with Crippen LogP contribution in [-0.2, 0) is 13.5 Å². The van der Waals surface area contributed by atoms with Crippen LogP contribution in [-0.4, -0.2) is 32.6 Å². The van der Waals surface area contributed by atoms with E-state index in [0.717, 1.165) is 34.5 Å². The number of hydrogen-bond donors (Lipinski definition) is 0. The van der Waals surface area contributed by atoms with E-state index in [2.05, 4.69) is 27.3 Å². The molecule has 0 saturated carbocycles. The molecular formula is C17H18N4OS. The molecule has 3 aromatic rings. The van der Waals surface area contributed by atoms with Crippen LogP contribution in [0.5, 0.6) is 5.75 Å². The summed E-state index contributed by atoms with van der Waals surface area (Å²) in [5, 5.41) is 9.46. The summed E-state index contributed by atoms with van der Waals surface area (Å²) in [5.74, 6) is 2.67. The number of hydrogen-bond acceptors (Lipinski definition) is 5. The van der Waals surface area contributed by atoms with Gasteiger partial charge in [-0.05, 0) is 36.2 Å². The SMILES string of the molecule is COc1ccc(CCSc2nnc(-c3cccnc3)n2C)cc1. The second-order valence-electron chi connectivity index (χ2n) is 5.05. The molecule has 0 aliphatic carbocycles. The van der Waals surface area contributed by atoms with Gasteiger partial charge in [0.15, 0.2) is 11.0 Å². The molecule has 2 heterocycles. The van der Waals surface area contributed by atoms with Crippen molar-refractivity contribution in [3.05, 3.63) is 54.4 Å². The molecule has 3 rings (SSSR count). The van der Waals surface area contributed by atoms with Crippen molar-refractivity contribution in [1.29, 1.82) is 0 Å². The summed E-state index contributed by atoms with van der Waals surface area (Å²) in [6, 6.07) is 12.1. The molecule has 0 saturated heterocycles. The molecule has 6 heteroatoms. The highest BCUT2D eigenvalue weighted by Crippen LogP contribution is 2.23. The highest BCUT2D eigenvalue weighted by molar-refractivity contribution is 7.99. The molecule has 0 radical (unpaired) electrons. The number of rotatable bonds is 6. The minimum atomic E-state index is 0.838. The summed E-state index contributed by atoms with van der Waals surface area (Å²) >= 11 is 1.71. The first kappa shape index (κ1) is 15.6. The van der Waals surface area contributed by atoms with Crippen LogP contribution in [0.1, 0.15) is 5.56 Å². The number of aromatic nitrogens is 4. The zero-order valence-electron chi connectivity index (χ0n) is 13.1. The average Bonchev–Trinajstić information content (AvgIpc) is 2.97. The molecule has 0 atom stereocenters. The molecule has 0 fully saturated rings. The van der Waals surface area contributed by atoms with E-state index in [1.165, 1.54) is 5.56 Å². The van der Waals surface area contributed by atoms with Gasteiger partial charge in [0, 0.05) is 30.8 Å². The fraction of sp³-hybridized carbons (Fsp3) is 0.235. The topological polar surface area (TPSA) is 52.8 Å². The fourth-order valence-electron chi connectivity index (χ4n) is 2.24. The van der Waals surface area contributed by atoms with Crippen molar-refractivity contribution in [2.75, 3.05) is 12.9 Å². The van der Waals surface area contributed by atoms with Crippen molar-refractivity contribution < 1.29 is 4.74 Å². The molecule has 23 heavy (non-hydrogen) atoms. The van der Waals surface area contributed by atoms with Crippen LogP contribution in [0.2, 0.25) is 0 Å². The number of thioether (sulfide) groups is 1. The molecule has 0 amide bonds. The Kier molecular flexibility index (Phi) is 4.92. The quantitative estimate of drug-likeness (QED) is 0.651. The van der Waals surface area contributed by atoms with E-state index in [-0.39, 0.29) is 0 Å². The maximum absolute atomic E-state index is 5.17. The first-order valence-electron chi connectivity index (χ1n) is 7.33. The molecule has 2 aromatic heterocycles. The van der Waals surface area contributed by atoms with Crippen molar-refractivity contribution >= 4 is 11.8 Å². The first-order chi connectivity index (χ1) is 11.3. The zero-order valence-corrected chi connectivity index (χ0v) is 14.0. The van der Waals surface area contributed by atoms with Gasteiger partial charge in [0.1, 0.15) is 5.75 Å². The molecule has 5 nitrogen and oxygen atoms in total. The van der Waals surface area contributed by atoms with Gasteiger partial charge in [-0.3, -0.25) is 4.98 Å². The molecule has 0 aliphatic heterocycles. The van der Waals surface area contributed by atoms with Crippen LogP contribution in [0.15, 0.2) is 53.9 Å². The maximum Gasteiger partial charge on any atom is 0.191 e. The van der Waals surface area contributed by atoms with Crippen molar-refractivity contribution in [3.8, 4) is 17.1 Å². The van der Waals surface area contributed by atoms with E-state index in [0.29, 0.717) is 0 Å². The molecule has 0 N–H and O–H groups in total. The van der Waals surface area contributed by atoms with E-state index in [1.54, 1.807) is 31.3 Å². The van der Waals surface area contributed by atoms with E-state index < -0.39 is 0 Å². The van der Waals surface area contributed by atoms with Gasteiger partial charge in [-0.1, -0.05) is 23.9 Å². The Morgan fingerprint density at radius 1 is 1.13 bits per heavy atom. The molecular weight excluding hydrogens is 308 g/mol. The van der Waals surface area contributed by atoms with Gasteiger partial charge in [0.05, 0.1) is 7.11 Å². The molecule has 118 valence electrons. The van der Waals surface area contributed by atoms with E-state index in [1.807, 2.05) is 35.9 Å². The van der Waals surface area contributed by atoms with Crippen molar-refractivity contribution in [3.63, 3.8) is 0 Å². The van der Waals surface area contributed by atoms with Crippen LogP contribution in [0.3, 0.4) is 0 Å². The monoisotopic (exact) mass is 326 g/mol. The molecule has 0 spiro atoms. The van der Waals surface area contributed by atoms with E-state index in [4.69, 9.17) is 4.74 Å². The second-order valence-corrected chi connectivity index (χ2v) is 6.12. The normalized spacial score (nSPS) is 10.7. The molecule has 0 aliphatic rings. The highest BCUT2D eigenvalue weighted by atomic mass is 32.2. The lowest BCUT2D eigenvalue weighted by molar-refractivity contribution is 0.414. The number of nitrogens with zero attached hydrogens (tertiary/aromatic N) is 4. The van der Waals surface area contributed by atoms with Gasteiger partial charge in [0.25, 0.3) is 0 Å². The maximum atomic E-state index is 5.17. The minimum absolute atomic E-state index is 0.838. The van der Waals surface area contributed by atoms with Crippen molar-refractivity contribution in [2.24, 2.45) is 7.05 Å². The third-order valence-corrected chi connectivity index (χ3v) is 4.56. The Bertz CT molecular complexity index is 756. The lowest BCUT2D eigenvalue weighted by atomic mass is 10.2. The Morgan fingerprint density at radius 3 is 2.65 bits per heavy atom. The Hall–Kier alpha value is -2.34. The van der Waals surface area contributed by atoms with Gasteiger partial charge < -0.3 is 9.30 Å². The van der Waals surface area contributed by atoms with E-state index >= 15 is 0 Å². The fourth-order valence-corrected chi connectivity index (χ4v) is 3.14. The third-order valence-electron chi connectivity index (χ3n) is 3.54. The van der Waals surface area contributed by atoms with Gasteiger partial charge in [0.2, 0.25) is 0 Å². The standard InChI is InChI=1S/C17H18N4OS/c1-21-16(14-4-3-10-18-12-14)19-20-17(21)23-11-9-13-5-7-15(22-2)8-6-13/h3-8,10,12H,9,11H2,1-2H3. The lowest BCUT2D eigenvalue weighted by Gasteiger charge is -2.05. The molecule has 0 bridgehead atoms. The number of aryl methyl sites for hydroxylation is 1. The zero-order chi connectivity index (χ0) is 16.1. The number of benzene rings is 1. The average molecular weight is 326 g/mol. The van der Waals surface area contributed by atoms with Crippen LogP contribution in [0.4, 0.5) is 0 Å². The summed E-state index contributed by atoms with van der Waals surface area (Å²) < 4.78 is 7.18. The predicted molar refractivity (Wildman–Crippen MR) is 91.7 cm³/mol. The van der Waals surface area contributed by atoms with Gasteiger partial charge in [-0.15, -0.1) is 10.2 Å². The predicted octanol–water partition coefficient (Wildman–Crippen LogP) is 3.22. The Morgan fingerprint density at radius 2 is 1.96 bits per heavy atom. The second kappa shape index (κ2) is 7.28. The van der Waals surface area contributed by atoms with Crippen LogP contribution in [0.25, 0.3) is 11.4 Å². The van der Waals surface area contributed by atoms with E-state index in [9.17, 15) is 0 Å². The summed E-state index contributed by atoms with van der Waals surface area (Å²) in [5.41, 5.74) is 2.26. The Labute approximate surface area is 139 Å². The minimum Gasteiger partial charge on any atom is -0.497 e. The largest absolute Gasteiger partial charge is 0.497 e. The van der Waals surface area contributed by atoms with Crippen molar-refractivity contribution in [1.82, 2.24) is 19.7 Å². The van der Waals surface area contributed by atoms with Gasteiger partial charge in [-0.25, -0.2) is 0 Å². The van der Waals surface area contributed by atoms with Crippen LogP contribution in [0, 0.1) is 0 Å². The third kappa shape index (κ3) is 3.71. The smallest absolute Gasteiger partial charge is 0.191 e. The summed E-state index contributed by atoms with van der Waals surface area (Å²) in [7, 11) is 3.66. The summed E-state index contributed by atoms with van der Waals surface area (Å²) in [4.78, 5) is 4.13. The van der Waals surface area contributed by atoms with Gasteiger partial charge >= 0.3 is 0 Å². The van der Waals surface area contributed by atoms with Crippen molar-refractivity contribution in [2.45, 2.75) is 11.6 Å². The summed E-state index contributed by atoms with van der Waals surface area (Å²) in [6.07, 6.45) is 4.53. The van der Waals surface area contributed by atoms with Gasteiger partial charge in [-0.2, -0.15) is 0 Å². The lowest BCUT2D eigenvalue weighted by Crippen LogP contribution is -1.96. The summed E-state index contributed by atoms with van der Waals surface area (Å²) in [6.45, 7) is 0.